The highest BCUT2D eigenvalue weighted by molar-refractivity contribution is 6.04. The number of fused-ring (bicyclic) bond motifs is 1. The third-order valence-corrected chi connectivity index (χ3v) is 7.82. The summed E-state index contributed by atoms with van der Waals surface area (Å²) in [5.41, 5.74) is 6.31. The van der Waals surface area contributed by atoms with Gasteiger partial charge < -0.3 is 21.3 Å². The molecule has 2 aliphatic heterocycles. The van der Waals surface area contributed by atoms with Gasteiger partial charge in [-0.15, -0.1) is 0 Å². The zero-order chi connectivity index (χ0) is 28.1. The molecule has 40 heavy (non-hydrogen) atoms. The lowest BCUT2D eigenvalue weighted by Crippen LogP contribution is -2.42. The number of hydrogen-bond donors (Lipinski definition) is 3. The van der Waals surface area contributed by atoms with E-state index in [1.165, 1.54) is 12.1 Å². The summed E-state index contributed by atoms with van der Waals surface area (Å²) in [6.07, 6.45) is 2.83. The summed E-state index contributed by atoms with van der Waals surface area (Å²) < 4.78 is 56.3. The second-order valence-corrected chi connectivity index (χ2v) is 10.3. The van der Waals surface area contributed by atoms with Crippen LogP contribution in [0.5, 0.6) is 0 Å². The largest absolute Gasteiger partial charge is 0.416 e. The second kappa shape index (κ2) is 9.73. The molecule has 2 aliphatic rings. The van der Waals surface area contributed by atoms with Crippen molar-refractivity contribution in [2.24, 2.45) is 5.41 Å². The average Bonchev–Trinajstić information content (AvgIpc) is 3.55. The van der Waals surface area contributed by atoms with E-state index in [9.17, 15) is 18.0 Å². The van der Waals surface area contributed by atoms with E-state index < -0.39 is 23.5 Å². The predicted molar refractivity (Wildman–Crippen MR) is 141 cm³/mol. The molecule has 2 fully saturated rings. The molecule has 4 aromatic rings. The van der Waals surface area contributed by atoms with E-state index >= 15 is 4.39 Å². The number of anilines is 3. The van der Waals surface area contributed by atoms with Crippen LogP contribution in [0.1, 0.15) is 35.2 Å². The Labute approximate surface area is 226 Å². The van der Waals surface area contributed by atoms with Gasteiger partial charge in [-0.3, -0.25) is 9.20 Å². The van der Waals surface area contributed by atoms with Crippen LogP contribution in [0.15, 0.2) is 48.9 Å². The number of piperidine rings is 1. The molecule has 0 radical (unpaired) electrons. The van der Waals surface area contributed by atoms with Crippen molar-refractivity contribution in [3.8, 4) is 11.3 Å². The molecule has 0 unspecified atom stereocenters. The maximum absolute atomic E-state index is 15.5. The zero-order valence-electron chi connectivity index (χ0n) is 21.3. The first kappa shape index (κ1) is 26.0. The van der Waals surface area contributed by atoms with E-state index in [0.717, 1.165) is 63.8 Å². The molecule has 3 aromatic heterocycles. The number of pyridine rings is 1. The topological polar surface area (TPSA) is 113 Å². The minimum atomic E-state index is -4.59. The Morgan fingerprint density at radius 3 is 2.58 bits per heavy atom. The van der Waals surface area contributed by atoms with Gasteiger partial charge in [0, 0.05) is 49.4 Å². The molecule has 0 aliphatic carbocycles. The van der Waals surface area contributed by atoms with E-state index in [0.29, 0.717) is 22.9 Å². The number of rotatable bonds is 4. The molecule has 9 nitrogen and oxygen atoms in total. The summed E-state index contributed by atoms with van der Waals surface area (Å²) in [7, 11) is 0. The van der Waals surface area contributed by atoms with Gasteiger partial charge in [-0.25, -0.2) is 19.3 Å². The van der Waals surface area contributed by atoms with Gasteiger partial charge in [0.2, 0.25) is 5.95 Å². The van der Waals surface area contributed by atoms with Crippen LogP contribution in [-0.2, 0) is 6.18 Å². The Kier molecular flexibility index (Phi) is 6.32. The molecule has 6 rings (SSSR count). The van der Waals surface area contributed by atoms with E-state index in [1.54, 1.807) is 12.4 Å². The fraction of sp³-hybridized carbons (Fsp3) is 0.333. The molecule has 0 atom stereocenters. The van der Waals surface area contributed by atoms with Crippen LogP contribution < -0.4 is 21.3 Å². The maximum Gasteiger partial charge on any atom is 0.416 e. The third kappa shape index (κ3) is 4.70. The molecule has 5 heterocycles. The molecule has 1 amide bonds. The number of benzene rings is 1. The van der Waals surface area contributed by atoms with Gasteiger partial charge >= 0.3 is 6.18 Å². The van der Waals surface area contributed by atoms with Crippen LogP contribution in [0.25, 0.3) is 16.8 Å². The number of carbonyl (C=O) groups is 1. The van der Waals surface area contributed by atoms with Crippen molar-refractivity contribution in [2.45, 2.75) is 25.4 Å². The minimum absolute atomic E-state index is 0.0956. The number of imidazole rings is 1. The van der Waals surface area contributed by atoms with Crippen LogP contribution in [0.4, 0.5) is 35.1 Å². The number of carbonyl (C=O) groups excluding carboxylic acids is 1. The molecule has 1 aromatic carbocycles. The van der Waals surface area contributed by atoms with Crippen LogP contribution in [-0.4, -0.2) is 51.4 Å². The third-order valence-electron chi connectivity index (χ3n) is 7.82. The number of aromatic nitrogens is 4. The summed E-state index contributed by atoms with van der Waals surface area (Å²) in [5, 5.41) is 5.74. The monoisotopic (exact) mass is 554 g/mol. The first-order valence-electron chi connectivity index (χ1n) is 12.9. The fourth-order valence-corrected chi connectivity index (χ4v) is 5.57. The molecular formula is C27H26F4N8O. The Morgan fingerprint density at radius 2 is 1.88 bits per heavy atom. The number of nitrogen functional groups attached to an aromatic ring is 1. The number of hydrogen-bond acceptors (Lipinski definition) is 7. The van der Waals surface area contributed by atoms with Crippen molar-refractivity contribution in [3.05, 3.63) is 65.9 Å². The lowest BCUT2D eigenvalue weighted by molar-refractivity contribution is -0.137. The van der Waals surface area contributed by atoms with Gasteiger partial charge in [-0.1, -0.05) is 0 Å². The van der Waals surface area contributed by atoms with Crippen LogP contribution in [0, 0.1) is 11.2 Å². The second-order valence-electron chi connectivity index (χ2n) is 10.3. The Morgan fingerprint density at radius 1 is 1.07 bits per heavy atom. The van der Waals surface area contributed by atoms with Crippen molar-refractivity contribution in [1.82, 2.24) is 24.7 Å². The van der Waals surface area contributed by atoms with E-state index in [-0.39, 0.29) is 28.5 Å². The van der Waals surface area contributed by atoms with E-state index in [4.69, 9.17) is 10.7 Å². The van der Waals surface area contributed by atoms with Crippen LogP contribution in [0.3, 0.4) is 0 Å². The lowest BCUT2D eigenvalue weighted by atomic mass is 9.78. The molecule has 1 spiro atoms. The molecular weight excluding hydrogens is 528 g/mol. The number of nitrogens with two attached hydrogens (primary N) is 1. The number of nitrogens with one attached hydrogen (secondary N) is 2. The van der Waals surface area contributed by atoms with Crippen molar-refractivity contribution in [2.75, 3.05) is 42.1 Å². The first-order chi connectivity index (χ1) is 19.1. The van der Waals surface area contributed by atoms with Crippen molar-refractivity contribution in [1.29, 1.82) is 0 Å². The molecule has 0 saturated carbocycles. The highest BCUT2D eigenvalue weighted by atomic mass is 19.4. The van der Waals surface area contributed by atoms with Gasteiger partial charge in [0.25, 0.3) is 5.91 Å². The van der Waals surface area contributed by atoms with Gasteiger partial charge in [0.05, 0.1) is 5.56 Å². The van der Waals surface area contributed by atoms with Gasteiger partial charge in [-0.05, 0) is 61.6 Å². The van der Waals surface area contributed by atoms with Crippen molar-refractivity contribution < 1.29 is 22.4 Å². The summed E-state index contributed by atoms with van der Waals surface area (Å²) in [6.45, 7) is 3.64. The highest BCUT2D eigenvalue weighted by Crippen LogP contribution is 2.40. The zero-order valence-corrected chi connectivity index (χ0v) is 21.3. The molecule has 208 valence electrons. The molecule has 13 heteroatoms. The molecule has 2 saturated heterocycles. The number of amides is 1. The fourth-order valence-electron chi connectivity index (χ4n) is 5.57. The minimum Gasteiger partial charge on any atom is -0.382 e. The van der Waals surface area contributed by atoms with E-state index in [2.05, 4.69) is 25.5 Å². The van der Waals surface area contributed by atoms with Crippen molar-refractivity contribution >= 4 is 29.0 Å². The first-order valence-corrected chi connectivity index (χ1v) is 12.9. The summed E-state index contributed by atoms with van der Waals surface area (Å²) in [4.78, 5) is 27.6. The lowest BCUT2D eigenvalue weighted by Gasteiger charge is -2.39. The Hall–Kier alpha value is -4.26. The smallest absolute Gasteiger partial charge is 0.382 e. The van der Waals surface area contributed by atoms with Crippen LogP contribution in [0.2, 0.25) is 0 Å². The standard InChI is InChI=1S/C27H26F4N8O/c28-19-13-16(24(40)36-20-14-17(3-7-34-20)27(29,30)31)1-2-18(19)21-22-23(32)35-9-12-39(22)25(37-21)38-10-5-26(6-11-38)4-8-33-15-26/h1-3,7,9,12-14,33H,4-6,8,10-11,15H2,(H2,32,35)(H,34,36,40). The van der Waals surface area contributed by atoms with Gasteiger partial charge in [-0.2, -0.15) is 13.2 Å². The molecule has 0 bridgehead atoms. The Bertz CT molecular complexity index is 1590. The number of nitrogens with zero attached hydrogens (tertiary/aromatic N) is 5. The molecule has 4 N–H and O–H groups in total. The summed E-state index contributed by atoms with van der Waals surface area (Å²) in [6, 6.07) is 5.28. The van der Waals surface area contributed by atoms with Crippen LogP contribution >= 0.6 is 0 Å². The van der Waals surface area contributed by atoms with E-state index in [1.807, 2.05) is 4.40 Å². The maximum atomic E-state index is 15.5. The highest BCUT2D eigenvalue weighted by Gasteiger charge is 2.38. The summed E-state index contributed by atoms with van der Waals surface area (Å²) >= 11 is 0. The van der Waals surface area contributed by atoms with Gasteiger partial charge in [0.1, 0.15) is 28.7 Å². The predicted octanol–water partition coefficient (Wildman–Crippen LogP) is 4.36. The summed E-state index contributed by atoms with van der Waals surface area (Å²) in [5.74, 6) is -1.03. The number of halogens is 4. The SMILES string of the molecule is Nc1nccn2c(N3CCC4(CCNC4)CC3)nc(-c3ccc(C(=O)Nc4cc(C(F)(F)F)ccn4)cc3F)c12. The number of alkyl halides is 3. The normalized spacial score (nSPS) is 17.1. The quantitative estimate of drug-likeness (QED) is 0.321. The van der Waals surface area contributed by atoms with Crippen molar-refractivity contribution in [3.63, 3.8) is 0 Å². The average molecular weight is 555 g/mol. The Balaban J connectivity index is 1.29. The van der Waals surface area contributed by atoms with Gasteiger partial charge in [0.15, 0.2) is 0 Å².